The van der Waals surface area contributed by atoms with Gasteiger partial charge < -0.3 is 5.11 Å². The average Bonchev–Trinajstić information content (AvgIpc) is 3.08. The molecule has 2 aliphatic rings. The first-order chi connectivity index (χ1) is 13.7. The van der Waals surface area contributed by atoms with Crippen molar-refractivity contribution in [1.29, 1.82) is 0 Å². The molecule has 7 nitrogen and oxygen atoms in total. The molecule has 4 rings (SSSR count). The van der Waals surface area contributed by atoms with Crippen molar-refractivity contribution in [3.8, 4) is 0 Å². The van der Waals surface area contributed by atoms with Gasteiger partial charge in [-0.2, -0.15) is 5.10 Å². The Bertz CT molecular complexity index is 812. The van der Waals surface area contributed by atoms with Crippen LogP contribution in [0.4, 0.5) is 0 Å². The van der Waals surface area contributed by atoms with E-state index in [9.17, 15) is 9.90 Å². The first-order valence-corrected chi connectivity index (χ1v) is 10.3. The third-order valence-electron chi connectivity index (χ3n) is 5.99. The molecule has 1 N–H and O–H groups in total. The van der Waals surface area contributed by atoms with Crippen molar-refractivity contribution in [2.75, 3.05) is 26.2 Å². The van der Waals surface area contributed by atoms with E-state index in [-0.39, 0.29) is 5.69 Å². The molecule has 1 atom stereocenters. The number of carboxylic acids is 1. The predicted octanol–water partition coefficient (Wildman–Crippen LogP) is 2.06. The zero-order valence-corrected chi connectivity index (χ0v) is 16.5. The van der Waals surface area contributed by atoms with Crippen LogP contribution in [0, 0.1) is 0 Å². The summed E-state index contributed by atoms with van der Waals surface area (Å²) in [6.45, 7) is 7.91. The Morgan fingerprint density at radius 3 is 2.75 bits per heavy atom. The van der Waals surface area contributed by atoms with Crippen molar-refractivity contribution in [2.45, 2.75) is 51.7 Å². The number of hydrogen-bond acceptors (Lipinski definition) is 5. The highest BCUT2D eigenvalue weighted by molar-refractivity contribution is 5.87. The fourth-order valence-corrected chi connectivity index (χ4v) is 4.56. The predicted molar refractivity (Wildman–Crippen MR) is 106 cm³/mol. The molecule has 28 heavy (non-hydrogen) atoms. The molecule has 1 fully saturated rings. The minimum atomic E-state index is -0.896. The summed E-state index contributed by atoms with van der Waals surface area (Å²) in [6, 6.07) is 6.49. The summed E-state index contributed by atoms with van der Waals surface area (Å²) in [7, 11) is 0. The number of aryl methyl sites for hydroxylation is 1. The van der Waals surface area contributed by atoms with Gasteiger partial charge in [-0.15, -0.1) is 0 Å². The molecule has 7 heteroatoms. The van der Waals surface area contributed by atoms with Crippen LogP contribution >= 0.6 is 0 Å². The van der Waals surface area contributed by atoms with Gasteiger partial charge in [-0.25, -0.2) is 4.79 Å². The van der Waals surface area contributed by atoms with E-state index in [1.165, 1.54) is 0 Å². The van der Waals surface area contributed by atoms with Crippen LogP contribution in [-0.2, 0) is 25.9 Å². The highest BCUT2D eigenvalue weighted by Crippen LogP contribution is 2.28. The minimum absolute atomic E-state index is 0.266. The number of rotatable bonds is 6. The molecule has 0 aromatic carbocycles. The average molecular weight is 383 g/mol. The van der Waals surface area contributed by atoms with Gasteiger partial charge in [0.25, 0.3) is 0 Å². The summed E-state index contributed by atoms with van der Waals surface area (Å²) in [5.74, 6) is -0.896. The van der Waals surface area contributed by atoms with E-state index in [1.807, 2.05) is 23.0 Å². The van der Waals surface area contributed by atoms with Gasteiger partial charge in [0.15, 0.2) is 5.69 Å². The Balaban J connectivity index is 1.39. The molecule has 0 amide bonds. The van der Waals surface area contributed by atoms with E-state index in [4.69, 9.17) is 0 Å². The van der Waals surface area contributed by atoms with Crippen molar-refractivity contribution in [2.24, 2.45) is 0 Å². The second-order valence-electron chi connectivity index (χ2n) is 7.83. The van der Waals surface area contributed by atoms with Crippen molar-refractivity contribution >= 4 is 5.97 Å². The maximum Gasteiger partial charge on any atom is 0.356 e. The highest BCUT2D eigenvalue weighted by Gasteiger charge is 2.32. The lowest BCUT2D eigenvalue weighted by Crippen LogP contribution is -2.51. The molecular weight excluding hydrogens is 354 g/mol. The largest absolute Gasteiger partial charge is 0.476 e. The maximum atomic E-state index is 11.7. The van der Waals surface area contributed by atoms with E-state index < -0.39 is 5.97 Å². The number of piperazine rings is 1. The maximum absolute atomic E-state index is 11.7. The monoisotopic (exact) mass is 383 g/mol. The van der Waals surface area contributed by atoms with Gasteiger partial charge >= 0.3 is 5.97 Å². The third-order valence-corrected chi connectivity index (χ3v) is 5.99. The van der Waals surface area contributed by atoms with Crippen LogP contribution in [0.2, 0.25) is 0 Å². The summed E-state index contributed by atoms with van der Waals surface area (Å²) in [4.78, 5) is 21.1. The van der Waals surface area contributed by atoms with Crippen LogP contribution in [-0.4, -0.2) is 67.9 Å². The van der Waals surface area contributed by atoms with Crippen molar-refractivity contribution in [1.82, 2.24) is 24.6 Å². The van der Waals surface area contributed by atoms with E-state index >= 15 is 0 Å². The SMILES string of the molecule is CCCn1nc(C(=O)O)c2c1CC[C@@H](N1CCN(Cc3ccccn3)CC1)C2. The normalized spacial score (nSPS) is 20.8. The first-order valence-electron chi connectivity index (χ1n) is 10.3. The molecule has 2 aromatic heterocycles. The molecule has 3 heterocycles. The Kier molecular flexibility index (Phi) is 5.73. The molecule has 0 radical (unpaired) electrons. The van der Waals surface area contributed by atoms with E-state index in [0.29, 0.717) is 6.04 Å². The Hall–Kier alpha value is -2.25. The number of carbonyl (C=O) groups is 1. The molecule has 1 aliphatic heterocycles. The summed E-state index contributed by atoms with van der Waals surface area (Å²) < 4.78 is 1.93. The Morgan fingerprint density at radius 1 is 1.25 bits per heavy atom. The summed E-state index contributed by atoms with van der Waals surface area (Å²) >= 11 is 0. The van der Waals surface area contributed by atoms with Crippen LogP contribution in [0.3, 0.4) is 0 Å². The van der Waals surface area contributed by atoms with Gasteiger partial charge in [-0.3, -0.25) is 19.5 Å². The molecule has 0 unspecified atom stereocenters. The van der Waals surface area contributed by atoms with Crippen LogP contribution in [0.25, 0.3) is 0 Å². The number of carboxylic acid groups (broad SMARTS) is 1. The molecule has 0 spiro atoms. The zero-order valence-electron chi connectivity index (χ0n) is 16.5. The molecule has 2 aromatic rings. The van der Waals surface area contributed by atoms with E-state index in [1.54, 1.807) is 0 Å². The number of hydrogen-bond donors (Lipinski definition) is 1. The quantitative estimate of drug-likeness (QED) is 0.823. The van der Waals surface area contributed by atoms with Crippen LogP contribution in [0.5, 0.6) is 0 Å². The Morgan fingerprint density at radius 2 is 2.07 bits per heavy atom. The molecule has 1 aliphatic carbocycles. The third kappa shape index (κ3) is 3.95. The van der Waals surface area contributed by atoms with Gasteiger partial charge in [0.1, 0.15) is 0 Å². The molecule has 1 saturated heterocycles. The lowest BCUT2D eigenvalue weighted by molar-refractivity contribution is 0.0684. The van der Waals surface area contributed by atoms with E-state index in [0.717, 1.165) is 81.9 Å². The number of fused-ring (bicyclic) bond motifs is 1. The van der Waals surface area contributed by atoms with Crippen molar-refractivity contribution in [3.05, 3.63) is 47.0 Å². The number of pyridine rings is 1. The minimum Gasteiger partial charge on any atom is -0.476 e. The van der Waals surface area contributed by atoms with Gasteiger partial charge in [0, 0.05) is 62.8 Å². The number of nitrogens with zero attached hydrogens (tertiary/aromatic N) is 5. The summed E-state index contributed by atoms with van der Waals surface area (Å²) in [6.07, 6.45) is 5.63. The molecular formula is C21H29N5O2. The molecule has 150 valence electrons. The standard InChI is InChI=1S/C21H29N5O2/c1-2-9-26-19-7-6-17(14-18(19)20(23-26)21(27)28)25-12-10-24(11-13-25)15-16-5-3-4-8-22-16/h3-5,8,17H,2,6-7,9-15H2,1H3,(H,27,28)/t17-/m1/s1. The van der Waals surface area contributed by atoms with Gasteiger partial charge in [0.2, 0.25) is 0 Å². The van der Waals surface area contributed by atoms with Crippen molar-refractivity contribution in [3.63, 3.8) is 0 Å². The van der Waals surface area contributed by atoms with Gasteiger partial charge in [0.05, 0.1) is 5.69 Å². The second-order valence-corrected chi connectivity index (χ2v) is 7.83. The number of aromatic carboxylic acids is 1. The summed E-state index contributed by atoms with van der Waals surface area (Å²) in [5, 5.41) is 14.0. The van der Waals surface area contributed by atoms with Gasteiger partial charge in [-0.1, -0.05) is 13.0 Å². The van der Waals surface area contributed by atoms with Crippen LogP contribution in [0.1, 0.15) is 47.2 Å². The molecule has 0 bridgehead atoms. The Labute approximate surface area is 166 Å². The smallest absolute Gasteiger partial charge is 0.356 e. The highest BCUT2D eigenvalue weighted by atomic mass is 16.4. The molecule has 0 saturated carbocycles. The van der Waals surface area contributed by atoms with Crippen LogP contribution in [0.15, 0.2) is 24.4 Å². The second kappa shape index (κ2) is 8.41. The summed E-state index contributed by atoms with van der Waals surface area (Å²) in [5.41, 5.74) is 3.49. The van der Waals surface area contributed by atoms with Gasteiger partial charge in [-0.05, 0) is 37.8 Å². The van der Waals surface area contributed by atoms with Crippen LogP contribution < -0.4 is 0 Å². The lowest BCUT2D eigenvalue weighted by Gasteiger charge is -2.40. The van der Waals surface area contributed by atoms with Crippen molar-refractivity contribution < 1.29 is 9.90 Å². The fraction of sp³-hybridized carbons (Fsp3) is 0.571. The lowest BCUT2D eigenvalue weighted by atomic mass is 9.90. The van der Waals surface area contributed by atoms with E-state index in [2.05, 4.69) is 32.9 Å². The first kappa shape index (κ1) is 19.1. The fourth-order valence-electron chi connectivity index (χ4n) is 4.56. The number of aromatic nitrogens is 3. The topological polar surface area (TPSA) is 74.5 Å². The zero-order chi connectivity index (χ0) is 19.5.